The van der Waals surface area contributed by atoms with Gasteiger partial charge in [0.15, 0.2) is 0 Å². The highest BCUT2D eigenvalue weighted by atomic mass is 19.1. The lowest BCUT2D eigenvalue weighted by molar-refractivity contribution is 0.251. The first-order chi connectivity index (χ1) is 16.4. The Kier molecular flexibility index (Phi) is 7.71. The van der Waals surface area contributed by atoms with Gasteiger partial charge in [-0.05, 0) is 54.8 Å². The predicted molar refractivity (Wildman–Crippen MR) is 129 cm³/mol. The molecule has 0 aliphatic heterocycles. The molecule has 3 rings (SSSR count). The molecule has 0 saturated heterocycles. The minimum absolute atomic E-state index is 0.264. The minimum atomic E-state index is -0.743. The van der Waals surface area contributed by atoms with Gasteiger partial charge in [-0.1, -0.05) is 6.58 Å². The van der Waals surface area contributed by atoms with Crippen molar-refractivity contribution in [3.8, 4) is 22.8 Å². The van der Waals surface area contributed by atoms with Crippen molar-refractivity contribution in [2.75, 3.05) is 14.2 Å². The second-order valence-corrected chi connectivity index (χ2v) is 7.23. The summed E-state index contributed by atoms with van der Waals surface area (Å²) in [4.78, 5) is 15.9. The van der Waals surface area contributed by atoms with Crippen molar-refractivity contribution in [1.29, 1.82) is 0 Å². The number of carbonyl (C=O) groups is 1. The molecule has 0 aliphatic rings. The van der Waals surface area contributed by atoms with Crippen LogP contribution in [0.4, 0.5) is 9.18 Å². The third kappa shape index (κ3) is 5.63. The van der Waals surface area contributed by atoms with Gasteiger partial charge >= 0.3 is 6.03 Å². The second kappa shape index (κ2) is 10.9. The SMILES string of the molecule is C=C(/C=C(\C=C/N)c1c(-c2ccc(F)cc2)ncn1Cc1ccc(OC)cc1OC)NC(N)=O. The summed E-state index contributed by atoms with van der Waals surface area (Å²) < 4.78 is 26.3. The predicted octanol–water partition coefficient (Wildman–Crippen LogP) is 3.79. The van der Waals surface area contributed by atoms with Crippen LogP contribution in [0, 0.1) is 5.82 Å². The van der Waals surface area contributed by atoms with Crippen LogP contribution < -0.4 is 26.3 Å². The van der Waals surface area contributed by atoms with Gasteiger partial charge < -0.3 is 30.8 Å². The van der Waals surface area contributed by atoms with Crippen LogP contribution in [0.5, 0.6) is 11.5 Å². The molecule has 5 N–H and O–H groups in total. The molecule has 0 radical (unpaired) electrons. The van der Waals surface area contributed by atoms with Crippen LogP contribution in [-0.2, 0) is 6.54 Å². The fourth-order valence-corrected chi connectivity index (χ4v) is 3.47. The molecule has 9 heteroatoms. The summed E-state index contributed by atoms with van der Waals surface area (Å²) >= 11 is 0. The third-order valence-corrected chi connectivity index (χ3v) is 4.95. The van der Waals surface area contributed by atoms with E-state index in [2.05, 4.69) is 16.9 Å². The molecule has 1 heterocycles. The molecular formula is C25H26FN5O3. The standard InChI is InChI=1S/C25H26FN5O3/c1-16(30-25(28)32)12-18(10-11-27)24-23(17-4-7-20(26)8-5-17)29-15-31(24)14-19-6-9-21(33-2)13-22(19)34-3/h4-13,15H,1,14,27H2,2-3H3,(H3,28,30,32)/b11-10-,18-12+. The quantitative estimate of drug-likeness (QED) is 0.417. The Hall–Kier alpha value is -4.53. The first-order valence-electron chi connectivity index (χ1n) is 10.2. The number of halogens is 1. The number of hydrogen-bond donors (Lipinski definition) is 3. The van der Waals surface area contributed by atoms with E-state index in [1.807, 2.05) is 16.7 Å². The Bertz CT molecular complexity index is 1250. The normalized spacial score (nSPS) is 11.4. The highest BCUT2D eigenvalue weighted by Gasteiger charge is 2.18. The fraction of sp³-hybridized carbons (Fsp3) is 0.120. The highest BCUT2D eigenvalue weighted by molar-refractivity contribution is 5.84. The van der Waals surface area contributed by atoms with E-state index >= 15 is 0 Å². The Morgan fingerprint density at radius 3 is 2.56 bits per heavy atom. The molecule has 2 aromatic carbocycles. The number of primary amides is 1. The largest absolute Gasteiger partial charge is 0.497 e. The van der Waals surface area contributed by atoms with E-state index in [0.29, 0.717) is 40.6 Å². The Morgan fingerprint density at radius 2 is 1.94 bits per heavy atom. The van der Waals surface area contributed by atoms with Crippen LogP contribution in [0.2, 0.25) is 0 Å². The molecule has 176 valence electrons. The van der Waals surface area contributed by atoms with E-state index in [0.717, 1.165) is 5.56 Å². The molecule has 2 amide bonds. The van der Waals surface area contributed by atoms with Gasteiger partial charge in [0, 0.05) is 28.5 Å². The number of imidazole rings is 1. The van der Waals surface area contributed by atoms with Gasteiger partial charge in [-0.2, -0.15) is 0 Å². The molecule has 3 aromatic rings. The lowest BCUT2D eigenvalue weighted by Crippen LogP contribution is -2.27. The second-order valence-electron chi connectivity index (χ2n) is 7.23. The van der Waals surface area contributed by atoms with Gasteiger partial charge in [0.05, 0.1) is 38.5 Å². The van der Waals surface area contributed by atoms with Crippen molar-refractivity contribution in [3.05, 3.63) is 96.5 Å². The van der Waals surface area contributed by atoms with E-state index in [4.69, 9.17) is 20.9 Å². The molecule has 8 nitrogen and oxygen atoms in total. The number of allylic oxidation sites excluding steroid dienone is 3. The van der Waals surface area contributed by atoms with E-state index < -0.39 is 6.03 Å². The third-order valence-electron chi connectivity index (χ3n) is 4.95. The number of nitrogens with zero attached hydrogens (tertiary/aromatic N) is 2. The Labute approximate surface area is 197 Å². The van der Waals surface area contributed by atoms with Gasteiger partial charge in [0.1, 0.15) is 17.3 Å². The van der Waals surface area contributed by atoms with Crippen molar-refractivity contribution >= 4 is 11.6 Å². The number of amides is 2. The van der Waals surface area contributed by atoms with Crippen LogP contribution >= 0.6 is 0 Å². The number of aromatic nitrogens is 2. The molecule has 0 fully saturated rings. The average Bonchev–Trinajstić information content (AvgIpc) is 3.22. The number of carbonyl (C=O) groups excluding carboxylic acids is 1. The zero-order chi connectivity index (χ0) is 24.7. The summed E-state index contributed by atoms with van der Waals surface area (Å²) in [6.45, 7) is 4.22. The Balaban J connectivity index is 2.17. The average molecular weight is 464 g/mol. The molecule has 0 atom stereocenters. The summed E-state index contributed by atoms with van der Waals surface area (Å²) in [5, 5.41) is 2.44. The lowest BCUT2D eigenvalue weighted by atomic mass is 10.0. The number of urea groups is 1. The summed E-state index contributed by atoms with van der Waals surface area (Å²) in [6.07, 6.45) is 6.31. The van der Waals surface area contributed by atoms with Crippen molar-refractivity contribution < 1.29 is 18.7 Å². The summed E-state index contributed by atoms with van der Waals surface area (Å²) in [7, 11) is 3.17. The summed E-state index contributed by atoms with van der Waals surface area (Å²) in [5.41, 5.74) is 14.6. The number of ether oxygens (including phenoxy) is 2. The number of hydrogen-bond acceptors (Lipinski definition) is 5. The van der Waals surface area contributed by atoms with Gasteiger partial charge in [0.2, 0.25) is 0 Å². The van der Waals surface area contributed by atoms with Crippen LogP contribution in [0.1, 0.15) is 11.3 Å². The van der Waals surface area contributed by atoms with Crippen molar-refractivity contribution in [2.45, 2.75) is 6.54 Å². The van der Waals surface area contributed by atoms with Crippen LogP contribution in [0.25, 0.3) is 16.8 Å². The number of methoxy groups -OCH3 is 2. The molecule has 1 aromatic heterocycles. The van der Waals surface area contributed by atoms with Gasteiger partial charge in [0.25, 0.3) is 0 Å². The maximum atomic E-state index is 13.6. The van der Waals surface area contributed by atoms with Crippen LogP contribution in [0.15, 0.2) is 79.4 Å². The molecule has 0 aliphatic carbocycles. The number of benzene rings is 2. The summed E-state index contributed by atoms with van der Waals surface area (Å²) in [6, 6.07) is 10.8. The number of nitrogens with one attached hydrogen (secondary N) is 1. The zero-order valence-electron chi connectivity index (χ0n) is 18.9. The van der Waals surface area contributed by atoms with Crippen LogP contribution in [-0.4, -0.2) is 29.8 Å². The topological polar surface area (TPSA) is 117 Å². The highest BCUT2D eigenvalue weighted by Crippen LogP contribution is 2.32. The van der Waals surface area contributed by atoms with Crippen molar-refractivity contribution in [2.24, 2.45) is 11.5 Å². The Morgan fingerprint density at radius 1 is 1.21 bits per heavy atom. The number of rotatable bonds is 9. The van der Waals surface area contributed by atoms with E-state index in [9.17, 15) is 9.18 Å². The molecule has 34 heavy (non-hydrogen) atoms. The molecule has 0 spiro atoms. The monoisotopic (exact) mass is 463 g/mol. The van der Waals surface area contributed by atoms with Crippen molar-refractivity contribution in [3.63, 3.8) is 0 Å². The van der Waals surface area contributed by atoms with E-state index in [1.165, 1.54) is 18.3 Å². The number of nitrogens with two attached hydrogens (primary N) is 2. The first-order valence-corrected chi connectivity index (χ1v) is 10.2. The van der Waals surface area contributed by atoms with Gasteiger partial charge in [-0.3, -0.25) is 0 Å². The maximum absolute atomic E-state index is 13.6. The molecular weight excluding hydrogens is 437 g/mol. The summed E-state index contributed by atoms with van der Waals surface area (Å²) in [5.74, 6) is 0.949. The smallest absolute Gasteiger partial charge is 0.316 e. The van der Waals surface area contributed by atoms with Crippen molar-refractivity contribution in [1.82, 2.24) is 14.9 Å². The molecule has 0 saturated carbocycles. The zero-order valence-corrected chi connectivity index (χ0v) is 18.9. The van der Waals surface area contributed by atoms with E-state index in [1.54, 1.807) is 50.9 Å². The maximum Gasteiger partial charge on any atom is 0.316 e. The fourth-order valence-electron chi connectivity index (χ4n) is 3.47. The van der Waals surface area contributed by atoms with Gasteiger partial charge in [-0.25, -0.2) is 14.2 Å². The van der Waals surface area contributed by atoms with E-state index in [-0.39, 0.29) is 11.5 Å². The van der Waals surface area contributed by atoms with Crippen LogP contribution in [0.3, 0.4) is 0 Å². The first kappa shape index (κ1) is 24.1. The van der Waals surface area contributed by atoms with Gasteiger partial charge in [-0.15, -0.1) is 0 Å². The molecule has 0 bridgehead atoms. The minimum Gasteiger partial charge on any atom is -0.497 e. The molecule has 0 unspecified atom stereocenters. The lowest BCUT2D eigenvalue weighted by Gasteiger charge is -2.15.